The van der Waals surface area contributed by atoms with Crippen molar-refractivity contribution in [2.24, 2.45) is 5.92 Å². The van der Waals surface area contributed by atoms with Gasteiger partial charge in [-0.2, -0.15) is 0 Å². The molecule has 0 aliphatic rings. The summed E-state index contributed by atoms with van der Waals surface area (Å²) in [6.07, 6.45) is 1.15. The summed E-state index contributed by atoms with van der Waals surface area (Å²) in [5.74, 6) is 2.29. The van der Waals surface area contributed by atoms with Gasteiger partial charge in [0.15, 0.2) is 11.5 Å². The standard InChI is InChI=1S/C16H27NO2/c1-6-14(11-17-10-12(2)3)19-15-8-7-13(4)9-16(15)18-5/h7-9,12,14,17H,6,10-11H2,1-5H3. The van der Waals surface area contributed by atoms with Crippen LogP contribution in [-0.2, 0) is 0 Å². The Hall–Kier alpha value is -1.22. The molecule has 0 bridgehead atoms. The Balaban J connectivity index is 2.59. The third-order valence-corrected chi connectivity index (χ3v) is 2.99. The highest BCUT2D eigenvalue weighted by Crippen LogP contribution is 2.28. The van der Waals surface area contributed by atoms with Gasteiger partial charge in [0.05, 0.1) is 7.11 Å². The van der Waals surface area contributed by atoms with E-state index in [2.05, 4.69) is 26.1 Å². The molecule has 0 aliphatic heterocycles. The van der Waals surface area contributed by atoms with Crippen LogP contribution >= 0.6 is 0 Å². The van der Waals surface area contributed by atoms with Crippen LogP contribution in [0.15, 0.2) is 18.2 Å². The fourth-order valence-corrected chi connectivity index (χ4v) is 1.85. The third-order valence-electron chi connectivity index (χ3n) is 2.99. The fraction of sp³-hybridized carbons (Fsp3) is 0.625. The predicted octanol–water partition coefficient (Wildman–Crippen LogP) is 3.41. The Morgan fingerprint density at radius 1 is 1.16 bits per heavy atom. The molecule has 0 amide bonds. The molecular weight excluding hydrogens is 238 g/mol. The summed E-state index contributed by atoms with van der Waals surface area (Å²) in [5, 5.41) is 3.44. The molecule has 0 heterocycles. The molecule has 19 heavy (non-hydrogen) atoms. The third kappa shape index (κ3) is 5.52. The van der Waals surface area contributed by atoms with Gasteiger partial charge in [0.1, 0.15) is 6.10 Å². The van der Waals surface area contributed by atoms with Gasteiger partial charge < -0.3 is 14.8 Å². The quantitative estimate of drug-likeness (QED) is 0.781. The number of hydrogen-bond acceptors (Lipinski definition) is 3. The molecule has 0 saturated heterocycles. The molecule has 0 aliphatic carbocycles. The van der Waals surface area contributed by atoms with E-state index in [0.717, 1.165) is 31.0 Å². The molecule has 3 heteroatoms. The normalized spacial score (nSPS) is 12.5. The molecule has 3 nitrogen and oxygen atoms in total. The van der Waals surface area contributed by atoms with E-state index in [1.54, 1.807) is 7.11 Å². The van der Waals surface area contributed by atoms with Crippen LogP contribution in [0.4, 0.5) is 0 Å². The Morgan fingerprint density at radius 2 is 1.89 bits per heavy atom. The second kappa shape index (κ2) is 8.05. The van der Waals surface area contributed by atoms with Crippen molar-refractivity contribution in [3.8, 4) is 11.5 Å². The van der Waals surface area contributed by atoms with Crippen LogP contribution in [0.2, 0.25) is 0 Å². The van der Waals surface area contributed by atoms with E-state index in [1.165, 1.54) is 5.56 Å². The molecule has 1 atom stereocenters. The van der Waals surface area contributed by atoms with Crippen molar-refractivity contribution in [3.63, 3.8) is 0 Å². The van der Waals surface area contributed by atoms with E-state index in [9.17, 15) is 0 Å². The van der Waals surface area contributed by atoms with Crippen LogP contribution in [0.5, 0.6) is 11.5 Å². The van der Waals surface area contributed by atoms with Crippen LogP contribution in [0, 0.1) is 12.8 Å². The monoisotopic (exact) mass is 265 g/mol. The van der Waals surface area contributed by atoms with Crippen molar-refractivity contribution in [2.45, 2.75) is 40.2 Å². The molecule has 0 saturated carbocycles. The lowest BCUT2D eigenvalue weighted by atomic mass is 10.2. The lowest BCUT2D eigenvalue weighted by Crippen LogP contribution is -2.33. The Morgan fingerprint density at radius 3 is 2.47 bits per heavy atom. The smallest absolute Gasteiger partial charge is 0.161 e. The lowest BCUT2D eigenvalue weighted by molar-refractivity contribution is 0.184. The minimum atomic E-state index is 0.176. The van der Waals surface area contributed by atoms with Crippen LogP contribution in [0.1, 0.15) is 32.8 Å². The van der Waals surface area contributed by atoms with E-state index in [0.29, 0.717) is 5.92 Å². The first kappa shape index (κ1) is 15.8. The molecule has 1 aromatic carbocycles. The molecule has 1 aromatic rings. The summed E-state index contributed by atoms with van der Waals surface area (Å²) < 4.78 is 11.4. The highest BCUT2D eigenvalue weighted by molar-refractivity contribution is 5.42. The first-order valence-electron chi connectivity index (χ1n) is 7.08. The van der Waals surface area contributed by atoms with Crippen molar-refractivity contribution in [1.29, 1.82) is 0 Å². The number of ether oxygens (including phenoxy) is 2. The van der Waals surface area contributed by atoms with Gasteiger partial charge in [0, 0.05) is 6.54 Å². The molecule has 108 valence electrons. The Labute approximate surface area is 117 Å². The van der Waals surface area contributed by atoms with Gasteiger partial charge >= 0.3 is 0 Å². The van der Waals surface area contributed by atoms with Crippen LogP contribution in [-0.4, -0.2) is 26.3 Å². The maximum atomic E-state index is 6.03. The summed E-state index contributed by atoms with van der Waals surface area (Å²) in [7, 11) is 1.68. The Bertz CT molecular complexity index is 377. The lowest BCUT2D eigenvalue weighted by Gasteiger charge is -2.20. The minimum absolute atomic E-state index is 0.176. The van der Waals surface area contributed by atoms with Gasteiger partial charge in [-0.1, -0.05) is 26.8 Å². The van der Waals surface area contributed by atoms with Crippen LogP contribution < -0.4 is 14.8 Å². The first-order valence-corrected chi connectivity index (χ1v) is 7.08. The fourth-order valence-electron chi connectivity index (χ4n) is 1.85. The van der Waals surface area contributed by atoms with Crippen molar-refractivity contribution in [2.75, 3.05) is 20.2 Å². The van der Waals surface area contributed by atoms with Crippen LogP contribution in [0.3, 0.4) is 0 Å². The van der Waals surface area contributed by atoms with Gasteiger partial charge in [-0.15, -0.1) is 0 Å². The van der Waals surface area contributed by atoms with Crippen molar-refractivity contribution < 1.29 is 9.47 Å². The van der Waals surface area contributed by atoms with Crippen molar-refractivity contribution in [3.05, 3.63) is 23.8 Å². The van der Waals surface area contributed by atoms with Gasteiger partial charge in [-0.3, -0.25) is 0 Å². The molecule has 0 fully saturated rings. The maximum Gasteiger partial charge on any atom is 0.161 e. The van der Waals surface area contributed by atoms with E-state index in [-0.39, 0.29) is 6.10 Å². The highest BCUT2D eigenvalue weighted by atomic mass is 16.5. The Kier molecular flexibility index (Phi) is 6.71. The number of hydrogen-bond donors (Lipinski definition) is 1. The largest absolute Gasteiger partial charge is 0.493 e. The predicted molar refractivity (Wildman–Crippen MR) is 80.1 cm³/mol. The molecular formula is C16H27NO2. The first-order chi connectivity index (χ1) is 9.06. The summed E-state index contributed by atoms with van der Waals surface area (Å²) in [6, 6.07) is 6.04. The van der Waals surface area contributed by atoms with E-state index < -0.39 is 0 Å². The molecule has 1 unspecified atom stereocenters. The van der Waals surface area contributed by atoms with Crippen molar-refractivity contribution >= 4 is 0 Å². The summed E-state index contributed by atoms with van der Waals surface area (Å²) in [5.41, 5.74) is 1.18. The molecule has 1 rings (SSSR count). The molecule has 1 N–H and O–H groups in total. The topological polar surface area (TPSA) is 30.5 Å². The summed E-state index contributed by atoms with van der Waals surface area (Å²) >= 11 is 0. The molecule has 0 radical (unpaired) electrons. The number of nitrogens with one attached hydrogen (secondary N) is 1. The van der Waals surface area contributed by atoms with Gasteiger partial charge in [-0.25, -0.2) is 0 Å². The number of aryl methyl sites for hydroxylation is 1. The highest BCUT2D eigenvalue weighted by Gasteiger charge is 2.11. The molecule has 0 aromatic heterocycles. The summed E-state index contributed by atoms with van der Waals surface area (Å²) in [4.78, 5) is 0. The van der Waals surface area contributed by atoms with E-state index >= 15 is 0 Å². The maximum absolute atomic E-state index is 6.03. The van der Waals surface area contributed by atoms with Crippen LogP contribution in [0.25, 0.3) is 0 Å². The van der Waals surface area contributed by atoms with Gasteiger partial charge in [0.25, 0.3) is 0 Å². The SMILES string of the molecule is CCC(CNCC(C)C)Oc1ccc(C)cc1OC. The number of methoxy groups -OCH3 is 1. The zero-order valence-electron chi connectivity index (χ0n) is 12.8. The second-order valence-electron chi connectivity index (χ2n) is 5.35. The minimum Gasteiger partial charge on any atom is -0.493 e. The summed E-state index contributed by atoms with van der Waals surface area (Å²) in [6.45, 7) is 10.5. The van der Waals surface area contributed by atoms with E-state index in [4.69, 9.17) is 9.47 Å². The second-order valence-corrected chi connectivity index (χ2v) is 5.35. The average molecular weight is 265 g/mol. The van der Waals surface area contributed by atoms with E-state index in [1.807, 2.05) is 25.1 Å². The number of benzene rings is 1. The van der Waals surface area contributed by atoms with Gasteiger partial charge in [-0.05, 0) is 43.5 Å². The van der Waals surface area contributed by atoms with Crippen molar-refractivity contribution in [1.82, 2.24) is 5.32 Å². The zero-order valence-corrected chi connectivity index (χ0v) is 12.8. The van der Waals surface area contributed by atoms with Gasteiger partial charge in [0.2, 0.25) is 0 Å². The average Bonchev–Trinajstić information content (AvgIpc) is 2.38. The molecule has 0 spiro atoms. The zero-order chi connectivity index (χ0) is 14.3. The number of rotatable bonds is 8.